The van der Waals surface area contributed by atoms with Crippen molar-refractivity contribution >= 4 is 17.1 Å². The molecule has 2 heterocycles. The average molecular weight is 994 g/mol. The van der Waals surface area contributed by atoms with E-state index in [1.165, 1.54) is 77.9 Å². The highest BCUT2D eigenvalue weighted by Gasteiger charge is 2.55. The fourth-order valence-corrected chi connectivity index (χ4v) is 15.1. The van der Waals surface area contributed by atoms with Crippen LogP contribution in [-0.4, -0.2) is 0 Å². The van der Waals surface area contributed by atoms with E-state index in [-0.39, 0.29) is 0 Å². The van der Waals surface area contributed by atoms with Crippen LogP contribution in [0.15, 0.2) is 285 Å². The standard InChI is InChI=1S/C75H47NO2/c1-3-22-48(23-4-1)73(49-24-5-2-6-25-49)58-30-10-7-26-52(58)55-44-42-50(46-65(55)73)76(51-43-45-56-53-27-8-11-31-59(53)74(66(56)47-51)61-33-13-17-38-68(61)77-69-39-18-14-34-62(69)74)67-37-21-29-57-54-28-9-12-32-60(54)75(72(57)67)63-35-15-19-40-70(63)78-71-41-20-16-36-64(71)75/h1-47H. The Morgan fingerprint density at radius 1 is 0.231 bits per heavy atom. The van der Waals surface area contributed by atoms with Crippen molar-refractivity contribution < 1.29 is 9.47 Å². The number of nitrogens with zero attached hydrogens (tertiary/aromatic N) is 1. The molecule has 12 aromatic rings. The van der Waals surface area contributed by atoms with Gasteiger partial charge in [-0.1, -0.05) is 231 Å². The van der Waals surface area contributed by atoms with E-state index < -0.39 is 16.2 Å². The van der Waals surface area contributed by atoms with Crippen LogP contribution in [0.1, 0.15) is 66.8 Å². The molecule has 12 aromatic carbocycles. The van der Waals surface area contributed by atoms with Crippen LogP contribution in [0.5, 0.6) is 23.0 Å². The number of benzene rings is 12. The van der Waals surface area contributed by atoms with Crippen LogP contribution < -0.4 is 14.4 Å². The zero-order valence-corrected chi connectivity index (χ0v) is 42.4. The molecule has 3 heteroatoms. The summed E-state index contributed by atoms with van der Waals surface area (Å²) in [5.74, 6) is 3.46. The Bertz CT molecular complexity index is 4350. The SMILES string of the molecule is c1ccc(C2(c3ccccc3)c3ccccc3-c3ccc(N(c4ccc5c(c4)C4(c6ccccc6Oc6ccccc64)c4ccccc4-5)c4cccc5c4C4(c6ccccc6Oc6ccccc64)c4ccccc4-5)cc32)cc1. The van der Waals surface area contributed by atoms with Gasteiger partial charge in [0.2, 0.25) is 0 Å². The Morgan fingerprint density at radius 3 is 1.04 bits per heavy atom. The van der Waals surface area contributed by atoms with Crippen molar-refractivity contribution in [1.29, 1.82) is 0 Å². The Morgan fingerprint density at radius 2 is 0.564 bits per heavy atom. The quantitative estimate of drug-likeness (QED) is 0.172. The highest BCUT2D eigenvalue weighted by molar-refractivity contribution is 5.98. The lowest BCUT2D eigenvalue weighted by molar-refractivity contribution is 0.436. The van der Waals surface area contributed by atoms with Crippen LogP contribution in [0.4, 0.5) is 17.1 Å². The number of fused-ring (bicyclic) bond motifs is 21. The molecule has 0 fully saturated rings. The first-order valence-electron chi connectivity index (χ1n) is 27.1. The van der Waals surface area contributed by atoms with Crippen LogP contribution in [0.3, 0.4) is 0 Å². The van der Waals surface area contributed by atoms with E-state index in [4.69, 9.17) is 9.47 Å². The van der Waals surface area contributed by atoms with Crippen LogP contribution in [-0.2, 0) is 16.2 Å². The molecule has 0 bridgehead atoms. The molecule has 0 saturated heterocycles. The zero-order valence-electron chi connectivity index (χ0n) is 42.4. The highest BCUT2D eigenvalue weighted by Crippen LogP contribution is 2.67. The van der Waals surface area contributed by atoms with E-state index in [9.17, 15) is 0 Å². The van der Waals surface area contributed by atoms with Gasteiger partial charge in [0, 0.05) is 39.2 Å². The Labute approximate surface area is 453 Å². The number of para-hydroxylation sites is 4. The lowest BCUT2D eigenvalue weighted by atomic mass is 9.65. The molecular formula is C75H47NO2. The number of hydrogen-bond donors (Lipinski definition) is 0. The largest absolute Gasteiger partial charge is 0.457 e. The first-order valence-corrected chi connectivity index (χ1v) is 27.1. The number of anilines is 3. The molecule has 0 aromatic heterocycles. The van der Waals surface area contributed by atoms with E-state index in [2.05, 4.69) is 290 Å². The van der Waals surface area contributed by atoms with Gasteiger partial charge in [-0.2, -0.15) is 0 Å². The second kappa shape index (κ2) is 16.0. The van der Waals surface area contributed by atoms with Gasteiger partial charge in [-0.05, 0) is 127 Å². The van der Waals surface area contributed by atoms with Gasteiger partial charge in [0.15, 0.2) is 0 Å². The van der Waals surface area contributed by atoms with E-state index in [1.54, 1.807) is 0 Å². The van der Waals surface area contributed by atoms with Crippen molar-refractivity contribution in [3.05, 3.63) is 352 Å². The molecule has 0 saturated carbocycles. The summed E-state index contributed by atoms with van der Waals surface area (Å²) in [4.78, 5) is 2.59. The first kappa shape index (κ1) is 43.3. The molecule has 5 aliphatic rings. The van der Waals surface area contributed by atoms with Crippen molar-refractivity contribution in [2.24, 2.45) is 0 Å². The first-order chi connectivity index (χ1) is 38.7. The third-order valence-electron chi connectivity index (χ3n) is 17.9. The normalized spacial score (nSPS) is 14.9. The smallest absolute Gasteiger partial charge is 0.132 e. The summed E-state index contributed by atoms with van der Waals surface area (Å²) in [6.45, 7) is 0. The molecule has 3 aliphatic carbocycles. The molecule has 78 heavy (non-hydrogen) atoms. The maximum Gasteiger partial charge on any atom is 0.132 e. The summed E-state index contributed by atoms with van der Waals surface area (Å²) < 4.78 is 13.8. The summed E-state index contributed by atoms with van der Waals surface area (Å²) in [6, 6.07) is 106. The maximum atomic E-state index is 6.93. The molecule has 0 atom stereocenters. The minimum absolute atomic E-state index is 0.621. The predicted octanol–water partition coefficient (Wildman–Crippen LogP) is 18.5. The van der Waals surface area contributed by atoms with Gasteiger partial charge in [0.05, 0.1) is 21.9 Å². The fourth-order valence-electron chi connectivity index (χ4n) is 15.1. The molecule has 2 aliphatic heterocycles. The third-order valence-corrected chi connectivity index (χ3v) is 17.9. The topological polar surface area (TPSA) is 21.7 Å². The van der Waals surface area contributed by atoms with Crippen molar-refractivity contribution in [1.82, 2.24) is 0 Å². The summed E-state index contributed by atoms with van der Waals surface area (Å²) in [5.41, 5.74) is 22.9. The van der Waals surface area contributed by atoms with Crippen LogP contribution >= 0.6 is 0 Å². The second-order valence-corrected chi connectivity index (χ2v) is 21.3. The Balaban J connectivity index is 1.01. The van der Waals surface area contributed by atoms with Crippen molar-refractivity contribution in [3.63, 3.8) is 0 Å². The monoisotopic (exact) mass is 993 g/mol. The van der Waals surface area contributed by atoms with Gasteiger partial charge < -0.3 is 14.4 Å². The molecule has 0 radical (unpaired) electrons. The third kappa shape index (κ3) is 5.42. The lowest BCUT2D eigenvalue weighted by Crippen LogP contribution is -2.34. The van der Waals surface area contributed by atoms with E-state index in [0.29, 0.717) is 0 Å². The van der Waals surface area contributed by atoms with E-state index in [0.717, 1.165) is 62.3 Å². The molecule has 0 N–H and O–H groups in total. The number of ether oxygens (including phenoxy) is 2. The zero-order chi connectivity index (χ0) is 51.2. The molecule has 0 amide bonds. The van der Waals surface area contributed by atoms with Gasteiger partial charge >= 0.3 is 0 Å². The van der Waals surface area contributed by atoms with Gasteiger partial charge in [-0.15, -0.1) is 0 Å². The maximum absolute atomic E-state index is 6.93. The number of rotatable bonds is 5. The van der Waals surface area contributed by atoms with Crippen molar-refractivity contribution in [2.75, 3.05) is 4.90 Å². The van der Waals surface area contributed by atoms with E-state index in [1.807, 2.05) is 0 Å². The molecular weight excluding hydrogens is 947 g/mol. The summed E-state index contributed by atoms with van der Waals surface area (Å²) in [7, 11) is 0. The average Bonchev–Trinajstić information content (AvgIpc) is 4.09. The van der Waals surface area contributed by atoms with Gasteiger partial charge in [0.25, 0.3) is 0 Å². The van der Waals surface area contributed by atoms with E-state index >= 15 is 0 Å². The van der Waals surface area contributed by atoms with Crippen LogP contribution in [0.25, 0.3) is 33.4 Å². The van der Waals surface area contributed by atoms with Crippen LogP contribution in [0, 0.1) is 0 Å². The summed E-state index contributed by atoms with van der Waals surface area (Å²) in [5, 5.41) is 0. The Hall–Kier alpha value is -9.96. The lowest BCUT2D eigenvalue weighted by Gasteiger charge is -2.42. The molecule has 2 spiro atoms. The molecule has 3 nitrogen and oxygen atoms in total. The van der Waals surface area contributed by atoms with Gasteiger partial charge in [0.1, 0.15) is 23.0 Å². The number of hydrogen-bond acceptors (Lipinski definition) is 3. The predicted molar refractivity (Wildman–Crippen MR) is 313 cm³/mol. The van der Waals surface area contributed by atoms with Gasteiger partial charge in [-0.25, -0.2) is 0 Å². The molecule has 0 unspecified atom stereocenters. The van der Waals surface area contributed by atoms with Crippen LogP contribution in [0.2, 0.25) is 0 Å². The highest BCUT2D eigenvalue weighted by atomic mass is 16.5. The fraction of sp³-hybridized carbons (Fsp3) is 0.0400. The minimum atomic E-state index is -0.746. The summed E-state index contributed by atoms with van der Waals surface area (Å²) in [6.07, 6.45) is 0. The van der Waals surface area contributed by atoms with Crippen molar-refractivity contribution in [3.8, 4) is 56.4 Å². The Kier molecular flexibility index (Phi) is 8.90. The second-order valence-electron chi connectivity index (χ2n) is 21.3. The van der Waals surface area contributed by atoms with Crippen molar-refractivity contribution in [2.45, 2.75) is 16.2 Å². The van der Waals surface area contributed by atoms with Gasteiger partial charge in [-0.3, -0.25) is 0 Å². The molecule has 17 rings (SSSR count). The summed E-state index contributed by atoms with van der Waals surface area (Å²) >= 11 is 0. The minimum Gasteiger partial charge on any atom is -0.457 e. The molecule has 364 valence electrons.